The van der Waals surface area contributed by atoms with Crippen LogP contribution < -0.4 is 0 Å². The Hall–Kier alpha value is -0.0800. The van der Waals surface area contributed by atoms with Gasteiger partial charge in [-0.25, -0.2) is 0 Å². The van der Waals surface area contributed by atoms with Crippen molar-refractivity contribution < 1.29 is 9.84 Å². The summed E-state index contributed by atoms with van der Waals surface area (Å²) in [5, 5.41) is 9.27. The second-order valence-electron chi connectivity index (χ2n) is 3.53. The van der Waals surface area contributed by atoms with Crippen LogP contribution in [0.25, 0.3) is 0 Å². The molecule has 2 fully saturated rings. The molecule has 10 heavy (non-hydrogen) atoms. The largest absolute Gasteiger partial charge is 0.393 e. The summed E-state index contributed by atoms with van der Waals surface area (Å²) in [6, 6.07) is 0. The zero-order valence-corrected chi connectivity index (χ0v) is 6.18. The van der Waals surface area contributed by atoms with E-state index in [1.54, 1.807) is 0 Å². The minimum absolute atomic E-state index is 0.0851. The molecule has 0 radical (unpaired) electrons. The monoisotopic (exact) mass is 142 g/mol. The highest BCUT2D eigenvalue weighted by Crippen LogP contribution is 2.40. The van der Waals surface area contributed by atoms with E-state index in [1.165, 1.54) is 12.8 Å². The molecule has 0 aromatic rings. The van der Waals surface area contributed by atoms with Gasteiger partial charge in [-0.1, -0.05) is 0 Å². The van der Waals surface area contributed by atoms with Crippen LogP contribution in [-0.2, 0) is 4.74 Å². The summed E-state index contributed by atoms with van der Waals surface area (Å²) in [5.41, 5.74) is 0.111. The second kappa shape index (κ2) is 2.21. The normalized spacial score (nSPS) is 47.1. The molecule has 1 saturated heterocycles. The first-order valence-electron chi connectivity index (χ1n) is 4.13. The molecule has 2 heteroatoms. The van der Waals surface area contributed by atoms with Crippen molar-refractivity contribution in [3.05, 3.63) is 0 Å². The van der Waals surface area contributed by atoms with Gasteiger partial charge in [-0.3, -0.25) is 0 Å². The van der Waals surface area contributed by atoms with Crippen molar-refractivity contribution in [2.75, 3.05) is 6.61 Å². The Morgan fingerprint density at radius 2 is 2.30 bits per heavy atom. The van der Waals surface area contributed by atoms with E-state index in [9.17, 15) is 5.11 Å². The van der Waals surface area contributed by atoms with Gasteiger partial charge in [-0.15, -0.1) is 0 Å². The Kier molecular flexibility index (Phi) is 1.46. The quantitative estimate of drug-likeness (QED) is 0.548. The third-order valence-corrected chi connectivity index (χ3v) is 2.73. The summed E-state index contributed by atoms with van der Waals surface area (Å²) in [6.45, 7) is 0.909. The molecule has 1 heterocycles. The van der Waals surface area contributed by atoms with Gasteiger partial charge < -0.3 is 9.84 Å². The van der Waals surface area contributed by atoms with Gasteiger partial charge in [-0.05, 0) is 25.7 Å². The lowest BCUT2D eigenvalue weighted by atomic mass is 9.99. The third-order valence-electron chi connectivity index (χ3n) is 2.73. The summed E-state index contributed by atoms with van der Waals surface area (Å²) in [4.78, 5) is 0. The number of aliphatic hydroxyl groups excluding tert-OH is 1. The molecular formula is C8H14O2. The summed E-state index contributed by atoms with van der Waals surface area (Å²) in [6.07, 6.45) is 5.18. The van der Waals surface area contributed by atoms with Crippen molar-refractivity contribution in [3.63, 3.8) is 0 Å². The van der Waals surface area contributed by atoms with E-state index in [-0.39, 0.29) is 11.7 Å². The Labute approximate surface area is 61.2 Å². The minimum Gasteiger partial charge on any atom is -0.393 e. The Balaban J connectivity index is 2.03. The van der Waals surface area contributed by atoms with Crippen LogP contribution in [0.15, 0.2) is 0 Å². The maximum atomic E-state index is 9.27. The molecule has 1 saturated carbocycles. The summed E-state index contributed by atoms with van der Waals surface area (Å²) >= 11 is 0. The maximum absolute atomic E-state index is 9.27. The smallest absolute Gasteiger partial charge is 0.0708 e. The number of ether oxygens (including phenoxy) is 1. The van der Waals surface area contributed by atoms with Crippen molar-refractivity contribution >= 4 is 0 Å². The Morgan fingerprint density at radius 3 is 2.80 bits per heavy atom. The van der Waals surface area contributed by atoms with Gasteiger partial charge in [-0.2, -0.15) is 0 Å². The van der Waals surface area contributed by atoms with Crippen LogP contribution in [-0.4, -0.2) is 23.4 Å². The van der Waals surface area contributed by atoms with Gasteiger partial charge in [0.05, 0.1) is 11.7 Å². The van der Waals surface area contributed by atoms with Crippen molar-refractivity contribution in [1.82, 2.24) is 0 Å². The second-order valence-corrected chi connectivity index (χ2v) is 3.53. The maximum Gasteiger partial charge on any atom is 0.0708 e. The lowest BCUT2D eigenvalue weighted by Crippen LogP contribution is -2.24. The van der Waals surface area contributed by atoms with E-state index in [2.05, 4.69) is 0 Å². The molecule has 58 valence electrons. The Morgan fingerprint density at radius 1 is 1.40 bits per heavy atom. The first-order chi connectivity index (χ1) is 4.81. The predicted molar refractivity (Wildman–Crippen MR) is 37.8 cm³/mol. The fraction of sp³-hybridized carbons (Fsp3) is 1.00. The van der Waals surface area contributed by atoms with Gasteiger partial charge in [0.2, 0.25) is 0 Å². The molecule has 1 N–H and O–H groups in total. The van der Waals surface area contributed by atoms with E-state index in [4.69, 9.17) is 4.74 Å². The van der Waals surface area contributed by atoms with Gasteiger partial charge in [0.1, 0.15) is 0 Å². The van der Waals surface area contributed by atoms with Crippen LogP contribution in [0.5, 0.6) is 0 Å². The van der Waals surface area contributed by atoms with Crippen LogP contribution in [0.3, 0.4) is 0 Å². The minimum atomic E-state index is -0.0851. The fourth-order valence-electron chi connectivity index (χ4n) is 2.18. The zero-order valence-electron chi connectivity index (χ0n) is 6.18. The van der Waals surface area contributed by atoms with E-state index in [0.717, 1.165) is 25.9 Å². The number of aliphatic hydroxyl groups is 1. The SMILES string of the molecule is O[C@H]1CC[C@]2(CCCO2)C1. The van der Waals surface area contributed by atoms with E-state index >= 15 is 0 Å². The van der Waals surface area contributed by atoms with E-state index in [1.807, 2.05) is 0 Å². The average Bonchev–Trinajstić information content (AvgIpc) is 2.46. The molecule has 1 aliphatic heterocycles. The molecule has 1 aliphatic carbocycles. The molecule has 0 amide bonds. The standard InChI is InChI=1S/C8H14O2/c9-7-2-4-8(6-7)3-1-5-10-8/h7,9H,1-6H2/t7-,8+/m0/s1. The van der Waals surface area contributed by atoms with Gasteiger partial charge in [0, 0.05) is 13.0 Å². The first kappa shape index (κ1) is 6.62. The summed E-state index contributed by atoms with van der Waals surface area (Å²) in [7, 11) is 0. The summed E-state index contributed by atoms with van der Waals surface area (Å²) < 4.78 is 5.61. The van der Waals surface area contributed by atoms with Crippen LogP contribution >= 0.6 is 0 Å². The van der Waals surface area contributed by atoms with Crippen LogP contribution in [0.1, 0.15) is 32.1 Å². The molecule has 2 nitrogen and oxygen atoms in total. The van der Waals surface area contributed by atoms with Crippen LogP contribution in [0.4, 0.5) is 0 Å². The predicted octanol–water partition coefficient (Wildman–Crippen LogP) is 1.08. The number of rotatable bonds is 0. The van der Waals surface area contributed by atoms with Crippen LogP contribution in [0.2, 0.25) is 0 Å². The molecule has 2 aliphatic rings. The molecule has 2 atom stereocenters. The van der Waals surface area contributed by atoms with Gasteiger partial charge in [0.15, 0.2) is 0 Å². The topological polar surface area (TPSA) is 29.5 Å². The zero-order chi connectivity index (χ0) is 7.03. The number of hydrogen-bond acceptors (Lipinski definition) is 2. The first-order valence-corrected chi connectivity index (χ1v) is 4.13. The third kappa shape index (κ3) is 0.956. The Bertz CT molecular complexity index is 127. The molecule has 2 rings (SSSR count). The molecule has 0 aromatic heterocycles. The molecule has 0 aromatic carbocycles. The van der Waals surface area contributed by atoms with Crippen molar-refractivity contribution in [2.24, 2.45) is 0 Å². The lowest BCUT2D eigenvalue weighted by molar-refractivity contribution is 0.000212. The van der Waals surface area contributed by atoms with Gasteiger partial charge in [0.25, 0.3) is 0 Å². The molecule has 0 unspecified atom stereocenters. The number of hydrogen-bond donors (Lipinski definition) is 1. The fourth-order valence-corrected chi connectivity index (χ4v) is 2.18. The lowest BCUT2D eigenvalue weighted by Gasteiger charge is -2.21. The molecule has 1 spiro atoms. The molecule has 0 bridgehead atoms. The van der Waals surface area contributed by atoms with Crippen molar-refractivity contribution in [3.8, 4) is 0 Å². The van der Waals surface area contributed by atoms with E-state index < -0.39 is 0 Å². The summed E-state index contributed by atoms with van der Waals surface area (Å²) in [5.74, 6) is 0. The highest BCUT2D eigenvalue weighted by atomic mass is 16.5. The highest BCUT2D eigenvalue weighted by Gasteiger charge is 2.41. The van der Waals surface area contributed by atoms with Crippen molar-refractivity contribution in [1.29, 1.82) is 0 Å². The average molecular weight is 142 g/mol. The highest BCUT2D eigenvalue weighted by molar-refractivity contribution is 4.93. The van der Waals surface area contributed by atoms with Crippen LogP contribution in [0, 0.1) is 0 Å². The van der Waals surface area contributed by atoms with Crippen molar-refractivity contribution in [2.45, 2.75) is 43.8 Å². The van der Waals surface area contributed by atoms with E-state index in [0.29, 0.717) is 0 Å². The molecular weight excluding hydrogens is 128 g/mol. The van der Waals surface area contributed by atoms with Gasteiger partial charge >= 0.3 is 0 Å².